The largest absolute Gasteiger partial charge is 0.496 e. The maximum atomic E-state index is 12.9. The number of nitrogens with one attached hydrogen (secondary N) is 2. The molecule has 0 spiro atoms. The normalized spacial score (nSPS) is 15.0. The van der Waals surface area contributed by atoms with Gasteiger partial charge in [0, 0.05) is 44.1 Å². The van der Waals surface area contributed by atoms with Gasteiger partial charge in [-0.25, -0.2) is 4.98 Å². The predicted molar refractivity (Wildman–Crippen MR) is 106 cm³/mol. The van der Waals surface area contributed by atoms with Crippen molar-refractivity contribution in [2.45, 2.75) is 18.9 Å². The van der Waals surface area contributed by atoms with Crippen LogP contribution in [0.3, 0.4) is 0 Å². The number of hydrogen-bond acceptors (Lipinski definition) is 6. The number of carboxylic acids is 1. The standard InChI is InChI=1S/C20H24N4O5/c1-29-17-12-16(22-14-5-3-2-4-13(14)17)19(27)23-15(6-7-18(25)26)20(28)24-10-8-21-9-11-24/h2-5,12,15,21H,6-11H2,1H3,(H,23,27)(H,25,26). The Kier molecular flexibility index (Phi) is 6.61. The summed E-state index contributed by atoms with van der Waals surface area (Å²) in [6.07, 6.45) is -0.216. The first kappa shape index (κ1) is 20.5. The summed E-state index contributed by atoms with van der Waals surface area (Å²) in [5, 5.41) is 15.6. The van der Waals surface area contributed by atoms with Crippen molar-refractivity contribution in [2.24, 2.45) is 0 Å². The Hall–Kier alpha value is -3.20. The van der Waals surface area contributed by atoms with Crippen LogP contribution in [0.25, 0.3) is 10.9 Å². The summed E-state index contributed by atoms with van der Waals surface area (Å²) in [5.41, 5.74) is 0.696. The highest BCUT2D eigenvalue weighted by Gasteiger charge is 2.28. The summed E-state index contributed by atoms with van der Waals surface area (Å²) in [6, 6.07) is 7.84. The second kappa shape index (κ2) is 9.33. The fourth-order valence-corrected chi connectivity index (χ4v) is 3.29. The molecule has 1 saturated heterocycles. The average Bonchev–Trinajstić information content (AvgIpc) is 2.75. The van der Waals surface area contributed by atoms with E-state index < -0.39 is 17.9 Å². The Balaban J connectivity index is 1.82. The number of benzene rings is 1. The zero-order valence-corrected chi connectivity index (χ0v) is 16.2. The highest BCUT2D eigenvalue weighted by Crippen LogP contribution is 2.25. The van der Waals surface area contributed by atoms with Gasteiger partial charge in [0.1, 0.15) is 17.5 Å². The van der Waals surface area contributed by atoms with Crippen LogP contribution in [0.2, 0.25) is 0 Å². The molecule has 1 aromatic carbocycles. The number of pyridine rings is 1. The SMILES string of the molecule is COc1cc(C(=O)NC(CCC(=O)O)C(=O)N2CCNCC2)nc2ccccc12. The average molecular weight is 400 g/mol. The van der Waals surface area contributed by atoms with Crippen LogP contribution in [0.15, 0.2) is 30.3 Å². The van der Waals surface area contributed by atoms with E-state index in [1.165, 1.54) is 13.2 Å². The highest BCUT2D eigenvalue weighted by molar-refractivity contribution is 5.99. The van der Waals surface area contributed by atoms with Gasteiger partial charge in [0.15, 0.2) is 0 Å². The fourth-order valence-electron chi connectivity index (χ4n) is 3.29. The van der Waals surface area contributed by atoms with Crippen molar-refractivity contribution in [3.63, 3.8) is 0 Å². The quantitative estimate of drug-likeness (QED) is 0.624. The van der Waals surface area contributed by atoms with E-state index in [9.17, 15) is 14.4 Å². The first-order chi connectivity index (χ1) is 14.0. The lowest BCUT2D eigenvalue weighted by atomic mass is 10.1. The molecular formula is C20H24N4O5. The van der Waals surface area contributed by atoms with E-state index in [2.05, 4.69) is 15.6 Å². The molecule has 2 heterocycles. The van der Waals surface area contributed by atoms with Crippen molar-refractivity contribution < 1.29 is 24.2 Å². The molecule has 1 aliphatic rings. The first-order valence-electron chi connectivity index (χ1n) is 9.45. The molecule has 0 saturated carbocycles. The third kappa shape index (κ3) is 5.00. The number of carbonyl (C=O) groups excluding carboxylic acids is 2. The molecule has 2 amide bonds. The molecule has 1 aliphatic heterocycles. The summed E-state index contributed by atoms with van der Waals surface area (Å²) >= 11 is 0. The Bertz CT molecular complexity index is 911. The van der Waals surface area contributed by atoms with Crippen molar-refractivity contribution in [3.05, 3.63) is 36.0 Å². The summed E-state index contributed by atoms with van der Waals surface area (Å²) < 4.78 is 5.37. The Labute approximate surface area is 168 Å². The number of carbonyl (C=O) groups is 3. The van der Waals surface area contributed by atoms with Crippen LogP contribution in [-0.2, 0) is 9.59 Å². The molecule has 3 N–H and O–H groups in total. The number of ether oxygens (including phenoxy) is 1. The topological polar surface area (TPSA) is 121 Å². The van der Waals surface area contributed by atoms with Gasteiger partial charge in [-0.05, 0) is 18.6 Å². The van der Waals surface area contributed by atoms with E-state index in [4.69, 9.17) is 9.84 Å². The van der Waals surface area contributed by atoms with Gasteiger partial charge in [-0.2, -0.15) is 0 Å². The number of amides is 2. The third-order valence-electron chi connectivity index (χ3n) is 4.81. The summed E-state index contributed by atoms with van der Waals surface area (Å²) in [5.74, 6) is -1.36. The van der Waals surface area contributed by atoms with Crippen molar-refractivity contribution in [1.82, 2.24) is 20.5 Å². The Morgan fingerprint density at radius 3 is 2.69 bits per heavy atom. The number of fused-ring (bicyclic) bond motifs is 1. The molecular weight excluding hydrogens is 376 g/mol. The highest BCUT2D eigenvalue weighted by atomic mass is 16.5. The molecule has 1 atom stereocenters. The van der Waals surface area contributed by atoms with Crippen LogP contribution in [-0.4, -0.2) is 72.1 Å². The monoisotopic (exact) mass is 400 g/mol. The third-order valence-corrected chi connectivity index (χ3v) is 4.81. The van der Waals surface area contributed by atoms with E-state index in [-0.39, 0.29) is 24.4 Å². The van der Waals surface area contributed by atoms with Crippen molar-refractivity contribution in [2.75, 3.05) is 33.3 Å². The molecule has 2 aromatic rings. The molecule has 0 aliphatic carbocycles. The molecule has 0 radical (unpaired) electrons. The maximum absolute atomic E-state index is 12.9. The summed E-state index contributed by atoms with van der Waals surface area (Å²) in [6.45, 7) is 2.35. The summed E-state index contributed by atoms with van der Waals surface area (Å²) in [7, 11) is 1.51. The molecule has 9 nitrogen and oxygen atoms in total. The van der Waals surface area contributed by atoms with Gasteiger partial charge in [0.2, 0.25) is 5.91 Å². The lowest BCUT2D eigenvalue weighted by molar-refractivity contribution is -0.138. The van der Waals surface area contributed by atoms with E-state index in [0.29, 0.717) is 37.4 Å². The van der Waals surface area contributed by atoms with Gasteiger partial charge in [0.25, 0.3) is 5.91 Å². The number of nitrogens with zero attached hydrogens (tertiary/aromatic N) is 2. The zero-order chi connectivity index (χ0) is 20.8. The number of carboxylic acid groups (broad SMARTS) is 1. The molecule has 154 valence electrons. The molecule has 9 heteroatoms. The van der Waals surface area contributed by atoms with Gasteiger partial charge < -0.3 is 25.4 Å². The smallest absolute Gasteiger partial charge is 0.303 e. The van der Waals surface area contributed by atoms with Gasteiger partial charge in [-0.1, -0.05) is 12.1 Å². The molecule has 1 fully saturated rings. The molecule has 0 bridgehead atoms. The number of methoxy groups -OCH3 is 1. The second-order valence-corrected chi connectivity index (χ2v) is 6.76. The van der Waals surface area contributed by atoms with Gasteiger partial charge >= 0.3 is 5.97 Å². The number of rotatable bonds is 7. The van der Waals surface area contributed by atoms with Crippen LogP contribution in [0.1, 0.15) is 23.3 Å². The van der Waals surface area contributed by atoms with Crippen LogP contribution in [0.4, 0.5) is 0 Å². The van der Waals surface area contributed by atoms with Gasteiger partial charge in [-0.3, -0.25) is 14.4 Å². The van der Waals surface area contributed by atoms with Crippen molar-refractivity contribution >= 4 is 28.7 Å². The van der Waals surface area contributed by atoms with E-state index in [1.807, 2.05) is 12.1 Å². The molecule has 29 heavy (non-hydrogen) atoms. The minimum Gasteiger partial charge on any atom is -0.496 e. The molecule has 1 aromatic heterocycles. The molecule has 3 rings (SSSR count). The maximum Gasteiger partial charge on any atom is 0.303 e. The Morgan fingerprint density at radius 1 is 1.28 bits per heavy atom. The van der Waals surface area contributed by atoms with E-state index in [0.717, 1.165) is 5.39 Å². The number of piperazine rings is 1. The minimum absolute atomic E-state index is 0.00848. The minimum atomic E-state index is -1.03. The predicted octanol–water partition coefficient (Wildman–Crippen LogP) is 0.638. The van der Waals surface area contributed by atoms with Crippen LogP contribution >= 0.6 is 0 Å². The van der Waals surface area contributed by atoms with Crippen LogP contribution in [0, 0.1) is 0 Å². The van der Waals surface area contributed by atoms with E-state index >= 15 is 0 Å². The molecule has 1 unspecified atom stereocenters. The fraction of sp³-hybridized carbons (Fsp3) is 0.400. The summed E-state index contributed by atoms with van der Waals surface area (Å²) in [4.78, 5) is 42.7. The van der Waals surface area contributed by atoms with Gasteiger partial charge in [0.05, 0.1) is 12.6 Å². The zero-order valence-electron chi connectivity index (χ0n) is 16.2. The van der Waals surface area contributed by atoms with Crippen molar-refractivity contribution in [3.8, 4) is 5.75 Å². The lowest BCUT2D eigenvalue weighted by Gasteiger charge is -2.31. The van der Waals surface area contributed by atoms with Crippen molar-refractivity contribution in [1.29, 1.82) is 0 Å². The van der Waals surface area contributed by atoms with E-state index in [1.54, 1.807) is 17.0 Å². The lowest BCUT2D eigenvalue weighted by Crippen LogP contribution is -2.54. The number of hydrogen-bond donors (Lipinski definition) is 3. The van der Waals surface area contributed by atoms with Gasteiger partial charge in [-0.15, -0.1) is 0 Å². The Morgan fingerprint density at radius 2 is 2.00 bits per heavy atom. The number of aromatic nitrogens is 1. The first-order valence-corrected chi connectivity index (χ1v) is 9.45. The van der Waals surface area contributed by atoms with Crippen LogP contribution < -0.4 is 15.4 Å². The second-order valence-electron chi connectivity index (χ2n) is 6.76. The number of aliphatic carboxylic acids is 1. The number of para-hydroxylation sites is 1. The van der Waals surface area contributed by atoms with Crippen LogP contribution in [0.5, 0.6) is 5.75 Å².